The number of hydrogen-bond acceptors (Lipinski definition) is 6. The molecule has 30 heavy (non-hydrogen) atoms. The van der Waals surface area contributed by atoms with Crippen molar-refractivity contribution in [2.75, 3.05) is 32.2 Å². The minimum Gasteiger partial charge on any atom is -0.484 e. The van der Waals surface area contributed by atoms with Gasteiger partial charge in [-0.3, -0.25) is 14.4 Å². The number of carbonyl (C=O) groups is 3. The molecule has 0 bridgehead atoms. The number of anilines is 1. The van der Waals surface area contributed by atoms with Gasteiger partial charge in [0.1, 0.15) is 11.6 Å². The first-order valence-electron chi connectivity index (χ1n) is 8.86. The van der Waals surface area contributed by atoms with Gasteiger partial charge in [-0.15, -0.1) is 0 Å². The van der Waals surface area contributed by atoms with Crippen LogP contribution in [0.2, 0.25) is 0 Å². The second-order valence-electron chi connectivity index (χ2n) is 5.86. The normalized spacial score (nSPS) is 10.5. The van der Waals surface area contributed by atoms with E-state index in [1.165, 1.54) is 37.6 Å². The molecule has 3 amide bonds. The molecule has 0 spiro atoms. The van der Waals surface area contributed by atoms with Gasteiger partial charge in [0.25, 0.3) is 5.91 Å². The third-order valence-electron chi connectivity index (χ3n) is 3.56. The predicted octanol–water partition coefficient (Wildman–Crippen LogP) is 1.06. The Morgan fingerprint density at radius 1 is 1.03 bits per heavy atom. The fourth-order valence-corrected chi connectivity index (χ4v) is 2.09. The monoisotopic (exact) mass is 416 g/mol. The van der Waals surface area contributed by atoms with Crippen molar-refractivity contribution in [3.63, 3.8) is 0 Å². The highest BCUT2D eigenvalue weighted by molar-refractivity contribution is 6.35. The van der Waals surface area contributed by atoms with Crippen LogP contribution >= 0.6 is 0 Å². The molecule has 0 fully saturated rings. The first kappa shape index (κ1) is 22.5. The molecule has 0 aliphatic carbocycles. The molecule has 0 aromatic heterocycles. The van der Waals surface area contributed by atoms with Gasteiger partial charge < -0.3 is 20.1 Å². The van der Waals surface area contributed by atoms with Crippen molar-refractivity contribution in [2.24, 2.45) is 5.10 Å². The van der Waals surface area contributed by atoms with Crippen molar-refractivity contribution in [3.8, 4) is 5.75 Å². The van der Waals surface area contributed by atoms with Gasteiger partial charge in [-0.25, -0.2) is 9.82 Å². The number of benzene rings is 2. The van der Waals surface area contributed by atoms with E-state index in [0.29, 0.717) is 23.6 Å². The minimum absolute atomic E-state index is 0.218. The van der Waals surface area contributed by atoms with Crippen LogP contribution in [0.3, 0.4) is 0 Å². The molecule has 9 nitrogen and oxygen atoms in total. The maximum Gasteiger partial charge on any atom is 0.329 e. The lowest BCUT2D eigenvalue weighted by atomic mass is 10.2. The smallest absolute Gasteiger partial charge is 0.329 e. The zero-order valence-electron chi connectivity index (χ0n) is 16.2. The summed E-state index contributed by atoms with van der Waals surface area (Å²) in [6, 6.07) is 11.9. The molecule has 0 aliphatic rings. The van der Waals surface area contributed by atoms with Gasteiger partial charge in [-0.05, 0) is 54.1 Å². The van der Waals surface area contributed by atoms with Gasteiger partial charge in [0.2, 0.25) is 0 Å². The number of nitrogens with zero attached hydrogens (tertiary/aromatic N) is 1. The molecule has 0 radical (unpaired) electrons. The van der Waals surface area contributed by atoms with Gasteiger partial charge in [-0.2, -0.15) is 5.10 Å². The van der Waals surface area contributed by atoms with Crippen LogP contribution in [0.4, 0.5) is 10.1 Å². The van der Waals surface area contributed by atoms with E-state index in [1.807, 2.05) is 0 Å². The molecule has 0 saturated carbocycles. The first-order chi connectivity index (χ1) is 14.5. The standard InChI is InChI=1S/C20H21FN4O5/c1-29-11-10-22-19(27)20(28)25-23-12-14-2-8-17(9-3-14)30-13-18(26)24-16-6-4-15(21)5-7-16/h2-9,12H,10-11,13H2,1H3,(H,22,27)(H,24,26)(H,25,28)/b23-12-. The maximum absolute atomic E-state index is 12.8. The van der Waals surface area contributed by atoms with E-state index >= 15 is 0 Å². The quantitative estimate of drug-likeness (QED) is 0.244. The fourth-order valence-electron chi connectivity index (χ4n) is 2.09. The molecule has 10 heteroatoms. The van der Waals surface area contributed by atoms with Crippen LogP contribution in [0, 0.1) is 5.82 Å². The Bertz CT molecular complexity index is 885. The second kappa shape index (κ2) is 11.9. The highest BCUT2D eigenvalue weighted by Gasteiger charge is 2.11. The average molecular weight is 416 g/mol. The molecular formula is C20H21FN4O5. The number of hydrazone groups is 1. The molecule has 2 aromatic carbocycles. The summed E-state index contributed by atoms with van der Waals surface area (Å²) in [4.78, 5) is 34.8. The van der Waals surface area contributed by atoms with Crippen LogP contribution < -0.4 is 20.8 Å². The molecule has 0 heterocycles. The summed E-state index contributed by atoms with van der Waals surface area (Å²) in [5, 5.41) is 8.65. The Labute approximate surface area is 172 Å². The number of halogens is 1. The van der Waals surface area contributed by atoms with Crippen LogP contribution in [0.1, 0.15) is 5.56 Å². The van der Waals surface area contributed by atoms with Crippen LogP contribution in [-0.4, -0.2) is 50.8 Å². The van der Waals surface area contributed by atoms with E-state index in [1.54, 1.807) is 24.3 Å². The summed E-state index contributed by atoms with van der Waals surface area (Å²) in [5.74, 6) is -2.04. The topological polar surface area (TPSA) is 118 Å². The van der Waals surface area contributed by atoms with Gasteiger partial charge in [-0.1, -0.05) is 0 Å². The van der Waals surface area contributed by atoms with E-state index in [9.17, 15) is 18.8 Å². The Morgan fingerprint density at radius 2 is 1.73 bits per heavy atom. The van der Waals surface area contributed by atoms with Crippen LogP contribution in [0.25, 0.3) is 0 Å². The van der Waals surface area contributed by atoms with E-state index in [2.05, 4.69) is 21.2 Å². The van der Waals surface area contributed by atoms with Gasteiger partial charge >= 0.3 is 11.8 Å². The zero-order valence-corrected chi connectivity index (χ0v) is 16.2. The Kier molecular flexibility index (Phi) is 8.94. The van der Waals surface area contributed by atoms with E-state index in [0.717, 1.165) is 0 Å². The molecule has 0 aliphatic heterocycles. The number of carbonyl (C=O) groups excluding carboxylic acids is 3. The summed E-state index contributed by atoms with van der Waals surface area (Å²) < 4.78 is 23.0. The highest BCUT2D eigenvalue weighted by atomic mass is 19.1. The third kappa shape index (κ3) is 8.07. The summed E-state index contributed by atoms with van der Waals surface area (Å²) in [6.45, 7) is 0.291. The SMILES string of the molecule is COCCNC(=O)C(=O)N/N=C\c1ccc(OCC(=O)Nc2ccc(F)cc2)cc1. The molecule has 2 aromatic rings. The van der Waals surface area contributed by atoms with Crippen LogP contribution in [0.5, 0.6) is 5.75 Å². The number of methoxy groups -OCH3 is 1. The predicted molar refractivity (Wildman–Crippen MR) is 108 cm³/mol. The van der Waals surface area contributed by atoms with Crippen molar-refractivity contribution in [2.45, 2.75) is 0 Å². The van der Waals surface area contributed by atoms with Crippen molar-refractivity contribution >= 4 is 29.6 Å². The lowest BCUT2D eigenvalue weighted by molar-refractivity contribution is -0.139. The number of hydrogen-bond donors (Lipinski definition) is 3. The lowest BCUT2D eigenvalue weighted by Crippen LogP contribution is -2.39. The number of ether oxygens (including phenoxy) is 2. The molecule has 0 unspecified atom stereocenters. The number of amides is 3. The van der Waals surface area contributed by atoms with Crippen molar-refractivity contribution < 1.29 is 28.2 Å². The molecular weight excluding hydrogens is 395 g/mol. The Hall–Kier alpha value is -3.79. The summed E-state index contributed by atoms with van der Waals surface area (Å²) in [5.41, 5.74) is 3.21. The van der Waals surface area contributed by atoms with Crippen molar-refractivity contribution in [1.82, 2.24) is 10.7 Å². The summed E-state index contributed by atoms with van der Waals surface area (Å²) >= 11 is 0. The van der Waals surface area contributed by atoms with Gasteiger partial charge in [0, 0.05) is 19.3 Å². The van der Waals surface area contributed by atoms with E-state index < -0.39 is 23.5 Å². The lowest BCUT2D eigenvalue weighted by Gasteiger charge is -2.07. The second-order valence-corrected chi connectivity index (χ2v) is 5.86. The maximum atomic E-state index is 12.8. The Balaban J connectivity index is 1.74. The van der Waals surface area contributed by atoms with Crippen molar-refractivity contribution in [1.29, 1.82) is 0 Å². The van der Waals surface area contributed by atoms with Crippen LogP contribution in [0.15, 0.2) is 53.6 Å². The molecule has 0 atom stereocenters. The molecule has 158 valence electrons. The molecule has 0 saturated heterocycles. The van der Waals surface area contributed by atoms with Crippen LogP contribution in [-0.2, 0) is 19.1 Å². The minimum atomic E-state index is -0.894. The number of rotatable bonds is 9. The number of nitrogens with one attached hydrogen (secondary N) is 3. The summed E-state index contributed by atoms with van der Waals surface area (Å²) in [7, 11) is 1.48. The molecule has 3 N–H and O–H groups in total. The van der Waals surface area contributed by atoms with Gasteiger partial charge in [0.15, 0.2) is 6.61 Å². The third-order valence-corrected chi connectivity index (χ3v) is 3.56. The molecule has 2 rings (SSSR count). The van der Waals surface area contributed by atoms with E-state index in [4.69, 9.17) is 9.47 Å². The van der Waals surface area contributed by atoms with E-state index in [-0.39, 0.29) is 13.2 Å². The zero-order chi connectivity index (χ0) is 21.8. The highest BCUT2D eigenvalue weighted by Crippen LogP contribution is 2.12. The fraction of sp³-hybridized carbons (Fsp3) is 0.200. The first-order valence-corrected chi connectivity index (χ1v) is 8.86. The van der Waals surface area contributed by atoms with Crippen molar-refractivity contribution in [3.05, 3.63) is 59.9 Å². The largest absolute Gasteiger partial charge is 0.484 e. The summed E-state index contributed by atoms with van der Waals surface area (Å²) in [6.07, 6.45) is 1.35. The Morgan fingerprint density at radius 3 is 2.40 bits per heavy atom. The average Bonchev–Trinajstić information content (AvgIpc) is 2.75. The van der Waals surface area contributed by atoms with Gasteiger partial charge in [0.05, 0.1) is 12.8 Å².